The molecule has 22 heavy (non-hydrogen) atoms. The number of amides is 2. The van der Waals surface area contributed by atoms with E-state index in [9.17, 15) is 9.59 Å². The quantitative estimate of drug-likeness (QED) is 0.797. The van der Waals surface area contributed by atoms with Crippen LogP contribution in [0.25, 0.3) is 0 Å². The average molecular weight is 306 g/mol. The van der Waals surface area contributed by atoms with Crippen LogP contribution < -0.4 is 5.32 Å². The number of allylic oxidation sites excluding steroid dienone is 2. The van der Waals surface area contributed by atoms with Gasteiger partial charge in [-0.25, -0.2) is 4.79 Å². The molecular formula is C17H26N2O3. The van der Waals surface area contributed by atoms with Gasteiger partial charge < -0.3 is 15.0 Å². The Balaban J connectivity index is 1.59. The number of ether oxygens (including phenoxy) is 1. The molecule has 122 valence electrons. The van der Waals surface area contributed by atoms with E-state index in [1.807, 2.05) is 25.7 Å². The molecule has 1 heterocycles. The Labute approximate surface area is 132 Å². The van der Waals surface area contributed by atoms with Crippen LogP contribution >= 0.6 is 0 Å². The number of nitrogens with one attached hydrogen (secondary N) is 1. The molecular weight excluding hydrogens is 280 g/mol. The summed E-state index contributed by atoms with van der Waals surface area (Å²) in [4.78, 5) is 26.7. The standard InChI is InChI=1S/C17H26N2O3/c1-16(2,3)22-15(21)18-17(8-9-17)14(20)19-10-12-6-4-5-7-13(12)11-19/h4-5,12-13H,6-11H2,1-3H3,(H,18,21)/t12-,13-/m0/s1. The first-order valence-corrected chi connectivity index (χ1v) is 8.25. The van der Waals surface area contributed by atoms with Crippen molar-refractivity contribution in [1.29, 1.82) is 0 Å². The molecule has 0 radical (unpaired) electrons. The molecule has 0 aromatic rings. The van der Waals surface area contributed by atoms with E-state index in [1.165, 1.54) is 0 Å². The fourth-order valence-electron chi connectivity index (χ4n) is 3.50. The van der Waals surface area contributed by atoms with Crippen molar-refractivity contribution < 1.29 is 14.3 Å². The molecule has 2 amide bonds. The number of carbonyl (C=O) groups is 2. The molecule has 3 aliphatic rings. The van der Waals surface area contributed by atoms with E-state index < -0.39 is 17.2 Å². The number of alkyl carbamates (subject to hydrolysis) is 1. The van der Waals surface area contributed by atoms with Crippen LogP contribution in [0.2, 0.25) is 0 Å². The Hall–Kier alpha value is -1.52. The molecule has 1 N–H and O–H groups in total. The lowest BCUT2D eigenvalue weighted by Gasteiger charge is -2.26. The van der Waals surface area contributed by atoms with E-state index >= 15 is 0 Å². The van der Waals surface area contributed by atoms with Gasteiger partial charge in [-0.3, -0.25) is 4.79 Å². The number of likely N-dealkylation sites (tertiary alicyclic amines) is 1. The number of rotatable bonds is 2. The highest BCUT2D eigenvalue weighted by atomic mass is 16.6. The van der Waals surface area contributed by atoms with Crippen molar-refractivity contribution in [3.63, 3.8) is 0 Å². The lowest BCUT2D eigenvalue weighted by Crippen LogP contribution is -2.51. The van der Waals surface area contributed by atoms with Crippen molar-refractivity contribution in [3.05, 3.63) is 12.2 Å². The first-order chi connectivity index (χ1) is 10.3. The van der Waals surface area contributed by atoms with Crippen molar-refractivity contribution in [3.8, 4) is 0 Å². The van der Waals surface area contributed by atoms with Crippen LogP contribution in [0, 0.1) is 11.8 Å². The number of hydrogen-bond donors (Lipinski definition) is 1. The summed E-state index contributed by atoms with van der Waals surface area (Å²) in [5.41, 5.74) is -1.25. The van der Waals surface area contributed by atoms with E-state index in [0.717, 1.165) is 38.8 Å². The molecule has 0 spiro atoms. The summed E-state index contributed by atoms with van der Waals surface area (Å²) in [6.07, 6.45) is 7.53. The fraction of sp³-hybridized carbons (Fsp3) is 0.765. The van der Waals surface area contributed by atoms with Gasteiger partial charge in [0.1, 0.15) is 11.1 Å². The molecule has 1 saturated heterocycles. The van der Waals surface area contributed by atoms with Gasteiger partial charge in [-0.15, -0.1) is 0 Å². The Morgan fingerprint density at radius 3 is 2.14 bits per heavy atom. The maximum Gasteiger partial charge on any atom is 0.408 e. The van der Waals surface area contributed by atoms with Crippen molar-refractivity contribution in [2.45, 2.75) is 57.6 Å². The van der Waals surface area contributed by atoms with Crippen LogP contribution in [0.3, 0.4) is 0 Å². The summed E-state index contributed by atoms with van der Waals surface area (Å²) in [6.45, 7) is 7.13. The lowest BCUT2D eigenvalue weighted by atomic mass is 9.86. The molecule has 0 bridgehead atoms. The van der Waals surface area contributed by atoms with Gasteiger partial charge in [-0.2, -0.15) is 0 Å². The van der Waals surface area contributed by atoms with Gasteiger partial charge in [0.25, 0.3) is 0 Å². The predicted octanol–water partition coefficient (Wildman–Crippen LogP) is 2.47. The lowest BCUT2D eigenvalue weighted by molar-refractivity contribution is -0.133. The molecule has 0 unspecified atom stereocenters. The van der Waals surface area contributed by atoms with E-state index in [4.69, 9.17) is 4.74 Å². The second-order valence-electron chi connectivity index (χ2n) is 7.88. The topological polar surface area (TPSA) is 58.6 Å². The zero-order valence-corrected chi connectivity index (χ0v) is 13.7. The van der Waals surface area contributed by atoms with Crippen molar-refractivity contribution in [2.75, 3.05) is 13.1 Å². The summed E-state index contributed by atoms with van der Waals surface area (Å²) >= 11 is 0. The van der Waals surface area contributed by atoms with Crippen LogP contribution in [0.5, 0.6) is 0 Å². The third-order valence-corrected chi connectivity index (χ3v) is 4.81. The molecule has 0 aromatic heterocycles. The van der Waals surface area contributed by atoms with Gasteiger partial charge >= 0.3 is 6.09 Å². The minimum absolute atomic E-state index is 0.0766. The maximum atomic E-state index is 12.8. The Bertz CT molecular complexity index is 487. The molecule has 5 heteroatoms. The first kappa shape index (κ1) is 15.4. The average Bonchev–Trinajstić information content (AvgIpc) is 3.05. The van der Waals surface area contributed by atoms with Crippen molar-refractivity contribution in [2.24, 2.45) is 11.8 Å². The third kappa shape index (κ3) is 3.13. The molecule has 3 rings (SSSR count). The molecule has 2 aliphatic carbocycles. The monoisotopic (exact) mass is 306 g/mol. The third-order valence-electron chi connectivity index (χ3n) is 4.81. The molecule has 2 atom stereocenters. The van der Waals surface area contributed by atoms with Crippen LogP contribution in [-0.4, -0.2) is 41.1 Å². The highest BCUT2D eigenvalue weighted by Gasteiger charge is 2.55. The highest BCUT2D eigenvalue weighted by Crippen LogP contribution is 2.41. The summed E-state index contributed by atoms with van der Waals surface area (Å²) < 4.78 is 5.29. The number of nitrogens with zero attached hydrogens (tertiary/aromatic N) is 1. The van der Waals surface area contributed by atoms with Gasteiger partial charge in [0.15, 0.2) is 0 Å². The zero-order chi connectivity index (χ0) is 16.0. The van der Waals surface area contributed by atoms with Crippen LogP contribution in [0.15, 0.2) is 12.2 Å². The highest BCUT2D eigenvalue weighted by molar-refractivity contribution is 5.93. The van der Waals surface area contributed by atoms with Crippen LogP contribution in [-0.2, 0) is 9.53 Å². The number of hydrogen-bond acceptors (Lipinski definition) is 3. The summed E-state index contributed by atoms with van der Waals surface area (Å²) in [5.74, 6) is 1.25. The van der Waals surface area contributed by atoms with Gasteiger partial charge in [0, 0.05) is 13.1 Å². The summed E-state index contributed by atoms with van der Waals surface area (Å²) in [7, 11) is 0. The van der Waals surface area contributed by atoms with Crippen LogP contribution in [0.1, 0.15) is 46.5 Å². The SMILES string of the molecule is CC(C)(C)OC(=O)NC1(C(=O)N2C[C@@H]3CC=CC[C@H]3C2)CC1. The first-order valence-electron chi connectivity index (χ1n) is 8.25. The molecule has 2 fully saturated rings. The van der Waals surface area contributed by atoms with E-state index in [2.05, 4.69) is 17.5 Å². The predicted molar refractivity (Wildman–Crippen MR) is 83.3 cm³/mol. The summed E-state index contributed by atoms with van der Waals surface area (Å²) in [6, 6.07) is 0. The van der Waals surface area contributed by atoms with Crippen LogP contribution in [0.4, 0.5) is 4.79 Å². The zero-order valence-electron chi connectivity index (χ0n) is 13.7. The normalized spacial score (nSPS) is 29.0. The molecule has 0 aromatic carbocycles. The van der Waals surface area contributed by atoms with Gasteiger partial charge in [0.2, 0.25) is 5.91 Å². The number of carbonyl (C=O) groups excluding carboxylic acids is 2. The van der Waals surface area contributed by atoms with Gasteiger partial charge in [-0.1, -0.05) is 12.2 Å². The Kier molecular flexibility index (Phi) is 3.69. The van der Waals surface area contributed by atoms with Crippen molar-refractivity contribution in [1.82, 2.24) is 10.2 Å². The molecule has 1 saturated carbocycles. The second kappa shape index (κ2) is 5.28. The second-order valence-corrected chi connectivity index (χ2v) is 7.88. The summed E-state index contributed by atoms with van der Waals surface area (Å²) in [5, 5.41) is 2.81. The largest absolute Gasteiger partial charge is 0.444 e. The smallest absolute Gasteiger partial charge is 0.408 e. The number of fused-ring (bicyclic) bond motifs is 1. The minimum Gasteiger partial charge on any atom is -0.444 e. The van der Waals surface area contributed by atoms with E-state index in [-0.39, 0.29) is 5.91 Å². The van der Waals surface area contributed by atoms with Crippen molar-refractivity contribution >= 4 is 12.0 Å². The Morgan fingerprint density at radius 1 is 1.14 bits per heavy atom. The van der Waals surface area contributed by atoms with E-state index in [0.29, 0.717) is 11.8 Å². The molecule has 5 nitrogen and oxygen atoms in total. The van der Waals surface area contributed by atoms with Gasteiger partial charge in [0.05, 0.1) is 0 Å². The maximum absolute atomic E-state index is 12.8. The van der Waals surface area contributed by atoms with E-state index in [1.54, 1.807) is 0 Å². The molecule has 1 aliphatic heterocycles. The fourth-order valence-corrected chi connectivity index (χ4v) is 3.50. The van der Waals surface area contributed by atoms with Gasteiger partial charge in [-0.05, 0) is 58.3 Å². The minimum atomic E-state index is -0.705. The Morgan fingerprint density at radius 2 is 1.68 bits per heavy atom.